The van der Waals surface area contributed by atoms with E-state index < -0.39 is 0 Å². The van der Waals surface area contributed by atoms with E-state index in [0.29, 0.717) is 10.9 Å². The molecule has 1 unspecified atom stereocenters. The van der Waals surface area contributed by atoms with Crippen LogP contribution in [0.15, 0.2) is 18.2 Å². The molecular weight excluding hydrogens is 304 g/mol. The third-order valence-electron chi connectivity index (χ3n) is 3.92. The van der Waals surface area contributed by atoms with Crippen molar-refractivity contribution in [3.63, 3.8) is 0 Å². The van der Waals surface area contributed by atoms with Crippen LogP contribution < -0.4 is 4.74 Å². The van der Waals surface area contributed by atoms with Gasteiger partial charge in [-0.25, -0.2) is 0 Å². The van der Waals surface area contributed by atoms with Gasteiger partial charge >= 0.3 is 0 Å². The molecule has 2 nitrogen and oxygen atoms in total. The number of ether oxygens (including phenoxy) is 2. The highest BCUT2D eigenvalue weighted by Crippen LogP contribution is 2.40. The van der Waals surface area contributed by atoms with Gasteiger partial charge in [-0.3, -0.25) is 0 Å². The Morgan fingerprint density at radius 3 is 2.68 bits per heavy atom. The molecule has 0 N–H and O–H groups in total. The number of benzene rings is 1. The molecule has 1 saturated carbocycles. The van der Waals surface area contributed by atoms with Gasteiger partial charge in [-0.2, -0.15) is 0 Å². The van der Waals surface area contributed by atoms with Gasteiger partial charge in [0.1, 0.15) is 5.75 Å². The van der Waals surface area contributed by atoms with E-state index in [2.05, 4.69) is 48.0 Å². The Balaban J connectivity index is 1.87. The quantitative estimate of drug-likeness (QED) is 0.709. The van der Waals surface area contributed by atoms with E-state index in [0.717, 1.165) is 18.3 Å². The topological polar surface area (TPSA) is 18.5 Å². The summed E-state index contributed by atoms with van der Waals surface area (Å²) in [5.41, 5.74) is 2.54. The summed E-state index contributed by atoms with van der Waals surface area (Å²) in [7, 11) is 1.72. The first-order chi connectivity index (χ1) is 9.13. The van der Waals surface area contributed by atoms with Crippen molar-refractivity contribution in [3.05, 3.63) is 29.3 Å². The van der Waals surface area contributed by atoms with Crippen molar-refractivity contribution in [1.82, 2.24) is 0 Å². The van der Waals surface area contributed by atoms with Gasteiger partial charge in [-0.1, -0.05) is 28.1 Å². The predicted octanol–water partition coefficient (Wildman–Crippen LogP) is 4.64. The van der Waals surface area contributed by atoms with Crippen LogP contribution in [-0.2, 0) is 4.74 Å². The SMILES string of the molecule is CCOC1CC(CC(Br)c2ccc(OC)c(C)c2)C1. The Morgan fingerprint density at radius 1 is 1.37 bits per heavy atom. The van der Waals surface area contributed by atoms with Crippen molar-refractivity contribution in [1.29, 1.82) is 0 Å². The van der Waals surface area contributed by atoms with E-state index in [4.69, 9.17) is 9.47 Å². The summed E-state index contributed by atoms with van der Waals surface area (Å²) in [5, 5.41) is 0. The number of hydrogen-bond acceptors (Lipinski definition) is 2. The van der Waals surface area contributed by atoms with Gasteiger partial charge in [0.05, 0.1) is 13.2 Å². The lowest BCUT2D eigenvalue weighted by atomic mass is 9.78. The molecule has 1 atom stereocenters. The Bertz CT molecular complexity index is 413. The second-order valence-corrected chi connectivity index (χ2v) is 6.45. The smallest absolute Gasteiger partial charge is 0.121 e. The summed E-state index contributed by atoms with van der Waals surface area (Å²) in [5.74, 6) is 1.76. The van der Waals surface area contributed by atoms with Crippen molar-refractivity contribution in [2.24, 2.45) is 5.92 Å². The third-order valence-corrected chi connectivity index (χ3v) is 4.82. The van der Waals surface area contributed by atoms with E-state index in [9.17, 15) is 0 Å². The molecule has 1 aliphatic rings. The molecule has 0 aliphatic heterocycles. The summed E-state index contributed by atoms with van der Waals surface area (Å²) in [6.07, 6.45) is 4.12. The Morgan fingerprint density at radius 2 is 2.11 bits per heavy atom. The van der Waals surface area contributed by atoms with Crippen LogP contribution in [0.25, 0.3) is 0 Å². The van der Waals surface area contributed by atoms with Gasteiger partial charge in [0.25, 0.3) is 0 Å². The minimum Gasteiger partial charge on any atom is -0.496 e. The molecule has 2 rings (SSSR count). The van der Waals surface area contributed by atoms with E-state index in [1.807, 2.05) is 0 Å². The largest absolute Gasteiger partial charge is 0.496 e. The van der Waals surface area contributed by atoms with Gasteiger partial charge in [-0.15, -0.1) is 0 Å². The predicted molar refractivity (Wildman–Crippen MR) is 82.2 cm³/mol. The number of hydrogen-bond donors (Lipinski definition) is 0. The molecule has 0 amide bonds. The van der Waals surface area contributed by atoms with E-state index in [1.54, 1.807) is 7.11 Å². The van der Waals surface area contributed by atoms with Crippen LogP contribution in [0.4, 0.5) is 0 Å². The molecule has 106 valence electrons. The van der Waals surface area contributed by atoms with Crippen LogP contribution in [-0.4, -0.2) is 19.8 Å². The highest BCUT2D eigenvalue weighted by atomic mass is 79.9. The van der Waals surface area contributed by atoms with E-state index in [-0.39, 0.29) is 0 Å². The molecule has 0 bridgehead atoms. The second-order valence-electron chi connectivity index (χ2n) is 5.35. The minimum atomic E-state index is 0.435. The number of rotatable bonds is 6. The maximum Gasteiger partial charge on any atom is 0.121 e. The normalized spacial score (nSPS) is 23.8. The average Bonchev–Trinajstić information content (AvgIpc) is 2.36. The van der Waals surface area contributed by atoms with Gasteiger partial charge in [0.2, 0.25) is 0 Å². The molecule has 3 heteroatoms. The van der Waals surface area contributed by atoms with Gasteiger partial charge in [-0.05, 0) is 56.2 Å². The van der Waals surface area contributed by atoms with Gasteiger partial charge < -0.3 is 9.47 Å². The van der Waals surface area contributed by atoms with Crippen molar-refractivity contribution in [2.75, 3.05) is 13.7 Å². The molecule has 0 spiro atoms. The highest BCUT2D eigenvalue weighted by molar-refractivity contribution is 9.09. The Kier molecular flexibility index (Phi) is 5.28. The summed E-state index contributed by atoms with van der Waals surface area (Å²) >= 11 is 3.82. The lowest BCUT2D eigenvalue weighted by molar-refractivity contribution is -0.0264. The van der Waals surface area contributed by atoms with Crippen LogP contribution in [0.2, 0.25) is 0 Å². The number of alkyl halides is 1. The average molecular weight is 327 g/mol. The van der Waals surface area contributed by atoms with Crippen LogP contribution in [0.1, 0.15) is 42.1 Å². The van der Waals surface area contributed by atoms with Crippen molar-refractivity contribution in [3.8, 4) is 5.75 Å². The summed E-state index contributed by atoms with van der Waals surface area (Å²) < 4.78 is 10.9. The monoisotopic (exact) mass is 326 g/mol. The van der Waals surface area contributed by atoms with Crippen molar-refractivity contribution in [2.45, 2.75) is 44.0 Å². The first-order valence-electron chi connectivity index (χ1n) is 7.04. The zero-order valence-corrected chi connectivity index (χ0v) is 13.6. The third kappa shape index (κ3) is 3.73. The molecule has 1 aromatic carbocycles. The Labute approximate surface area is 124 Å². The molecule has 1 aromatic rings. The minimum absolute atomic E-state index is 0.435. The van der Waals surface area contributed by atoms with Gasteiger partial charge in [0.15, 0.2) is 0 Å². The number of halogens is 1. The molecular formula is C16H23BrO2. The van der Waals surface area contributed by atoms with Gasteiger partial charge in [0, 0.05) is 11.4 Å². The molecule has 1 fully saturated rings. The molecule has 19 heavy (non-hydrogen) atoms. The summed E-state index contributed by atoms with van der Waals surface area (Å²) in [4.78, 5) is 0.435. The lowest BCUT2D eigenvalue weighted by Gasteiger charge is -2.36. The zero-order chi connectivity index (χ0) is 13.8. The first kappa shape index (κ1) is 14.9. The number of aryl methyl sites for hydroxylation is 1. The summed E-state index contributed by atoms with van der Waals surface area (Å²) in [6, 6.07) is 6.43. The molecule has 0 aromatic heterocycles. The first-order valence-corrected chi connectivity index (χ1v) is 7.95. The van der Waals surface area contributed by atoms with Crippen LogP contribution in [0.3, 0.4) is 0 Å². The fourth-order valence-corrected chi connectivity index (χ4v) is 3.58. The maximum atomic E-state index is 5.61. The second kappa shape index (κ2) is 6.76. The van der Waals surface area contributed by atoms with Crippen LogP contribution >= 0.6 is 15.9 Å². The van der Waals surface area contributed by atoms with E-state index in [1.165, 1.54) is 30.4 Å². The highest BCUT2D eigenvalue weighted by Gasteiger charge is 2.31. The fourth-order valence-electron chi connectivity index (χ4n) is 2.76. The molecule has 0 radical (unpaired) electrons. The molecule has 1 aliphatic carbocycles. The van der Waals surface area contributed by atoms with Crippen LogP contribution in [0.5, 0.6) is 5.75 Å². The standard InChI is InChI=1S/C16H23BrO2/c1-4-19-14-8-12(9-14)10-15(17)13-5-6-16(18-3)11(2)7-13/h5-7,12,14-15H,4,8-10H2,1-3H3. The Hall–Kier alpha value is -0.540. The number of methoxy groups -OCH3 is 1. The fraction of sp³-hybridized carbons (Fsp3) is 0.625. The lowest BCUT2D eigenvalue weighted by Crippen LogP contribution is -2.31. The zero-order valence-electron chi connectivity index (χ0n) is 12.0. The van der Waals surface area contributed by atoms with Crippen molar-refractivity contribution < 1.29 is 9.47 Å². The van der Waals surface area contributed by atoms with E-state index >= 15 is 0 Å². The molecule has 0 saturated heterocycles. The summed E-state index contributed by atoms with van der Waals surface area (Å²) in [6.45, 7) is 5.00. The maximum absolute atomic E-state index is 5.61. The molecule has 0 heterocycles. The van der Waals surface area contributed by atoms with Crippen LogP contribution in [0, 0.1) is 12.8 Å². The van der Waals surface area contributed by atoms with Crippen molar-refractivity contribution >= 4 is 15.9 Å².